The van der Waals surface area contributed by atoms with Crippen LogP contribution in [-0.2, 0) is 13.7 Å². The Morgan fingerprint density at radius 3 is 2.92 bits per heavy atom. The highest BCUT2D eigenvalue weighted by Gasteiger charge is 2.04. The predicted octanol–water partition coefficient (Wildman–Crippen LogP) is 2.32. The molecule has 0 spiro atoms. The summed E-state index contributed by atoms with van der Waals surface area (Å²) in [6.45, 7) is 0.0567. The van der Waals surface area contributed by atoms with Gasteiger partial charge in [-0.15, -0.1) is 0 Å². The maximum Gasteiger partial charge on any atom is 0.0682 e. The van der Waals surface area contributed by atoms with Gasteiger partial charge in [0, 0.05) is 24.1 Å². The molecule has 1 aromatic heterocycles. The minimum atomic E-state index is 0.0567. The van der Waals surface area contributed by atoms with Gasteiger partial charge in [0.2, 0.25) is 0 Å². The molecule has 1 N–H and O–H groups in total. The molecule has 0 aliphatic carbocycles. The molecule has 0 fully saturated rings. The van der Waals surface area contributed by atoms with Crippen LogP contribution < -0.4 is 0 Å². The quantitative estimate of drug-likeness (QED) is 0.743. The Balaban J connectivity index is 2.76. The Bertz CT molecular complexity index is 447. The Kier molecular flexibility index (Phi) is 2.02. The highest BCUT2D eigenvalue weighted by molar-refractivity contribution is 6.35. The first-order valence-electron chi connectivity index (χ1n) is 4.06. The van der Waals surface area contributed by atoms with Gasteiger partial charge in [-0.2, -0.15) is 0 Å². The van der Waals surface area contributed by atoms with Gasteiger partial charge in [0.1, 0.15) is 0 Å². The zero-order valence-corrected chi connectivity index (χ0v) is 8.04. The number of hydrogen-bond acceptors (Lipinski definition) is 1. The number of halogens is 1. The highest BCUT2D eigenvalue weighted by atomic mass is 35.5. The van der Waals surface area contributed by atoms with Gasteiger partial charge in [-0.3, -0.25) is 0 Å². The molecule has 0 aliphatic rings. The lowest BCUT2D eigenvalue weighted by Gasteiger charge is -1.98. The van der Waals surface area contributed by atoms with Gasteiger partial charge < -0.3 is 9.67 Å². The molecular weight excluding hydrogens is 186 g/mol. The molecule has 2 rings (SSSR count). The van der Waals surface area contributed by atoms with Crippen molar-refractivity contribution in [3.8, 4) is 0 Å². The van der Waals surface area contributed by atoms with Crippen LogP contribution in [0.3, 0.4) is 0 Å². The standard InChI is InChI=1S/C10H10ClNO/c1-12-5-9(11)8-4-7(6-13)2-3-10(8)12/h2-5,13H,6H2,1H3. The third-order valence-corrected chi connectivity index (χ3v) is 2.49. The van der Waals surface area contributed by atoms with Gasteiger partial charge >= 0.3 is 0 Å². The van der Waals surface area contributed by atoms with E-state index in [1.54, 1.807) is 0 Å². The second kappa shape index (κ2) is 3.05. The molecule has 0 aliphatic heterocycles. The third kappa shape index (κ3) is 1.32. The zero-order valence-electron chi connectivity index (χ0n) is 7.29. The Morgan fingerprint density at radius 2 is 2.23 bits per heavy atom. The van der Waals surface area contributed by atoms with Crippen molar-refractivity contribution in [2.24, 2.45) is 7.05 Å². The monoisotopic (exact) mass is 195 g/mol. The van der Waals surface area contributed by atoms with E-state index in [9.17, 15) is 0 Å². The van der Waals surface area contributed by atoms with Crippen molar-refractivity contribution >= 4 is 22.5 Å². The number of aliphatic hydroxyl groups excluding tert-OH is 1. The summed E-state index contributed by atoms with van der Waals surface area (Å²) in [5.41, 5.74) is 1.97. The molecule has 13 heavy (non-hydrogen) atoms. The second-order valence-corrected chi connectivity index (χ2v) is 3.50. The van der Waals surface area contributed by atoms with Crippen LogP contribution in [0.4, 0.5) is 0 Å². The predicted molar refractivity (Wildman–Crippen MR) is 53.9 cm³/mol. The summed E-state index contributed by atoms with van der Waals surface area (Å²) in [6, 6.07) is 5.78. The molecule has 0 bridgehead atoms. The Morgan fingerprint density at radius 1 is 1.46 bits per heavy atom. The van der Waals surface area contributed by atoms with Crippen LogP contribution in [0.5, 0.6) is 0 Å². The van der Waals surface area contributed by atoms with E-state index in [0.29, 0.717) is 0 Å². The normalized spacial score (nSPS) is 11.0. The molecule has 0 radical (unpaired) electrons. The van der Waals surface area contributed by atoms with Gasteiger partial charge in [-0.25, -0.2) is 0 Å². The van der Waals surface area contributed by atoms with Gasteiger partial charge in [0.15, 0.2) is 0 Å². The number of aliphatic hydroxyl groups is 1. The molecule has 0 saturated heterocycles. The van der Waals surface area contributed by atoms with E-state index in [2.05, 4.69) is 0 Å². The molecule has 3 heteroatoms. The maximum absolute atomic E-state index is 8.94. The van der Waals surface area contributed by atoms with Crippen molar-refractivity contribution in [3.05, 3.63) is 35.0 Å². The minimum Gasteiger partial charge on any atom is -0.392 e. The van der Waals surface area contributed by atoms with E-state index < -0.39 is 0 Å². The second-order valence-electron chi connectivity index (χ2n) is 3.10. The zero-order chi connectivity index (χ0) is 9.42. The molecule has 0 amide bonds. The van der Waals surface area contributed by atoms with E-state index >= 15 is 0 Å². The summed E-state index contributed by atoms with van der Waals surface area (Å²) < 4.78 is 1.97. The van der Waals surface area contributed by atoms with E-state index in [0.717, 1.165) is 21.5 Å². The summed E-state index contributed by atoms with van der Waals surface area (Å²) in [5.74, 6) is 0. The first-order valence-corrected chi connectivity index (χ1v) is 4.44. The molecule has 68 valence electrons. The van der Waals surface area contributed by atoms with Crippen LogP contribution in [0.25, 0.3) is 10.9 Å². The number of aryl methyl sites for hydroxylation is 1. The van der Waals surface area contributed by atoms with Crippen LogP contribution in [0, 0.1) is 0 Å². The maximum atomic E-state index is 8.94. The topological polar surface area (TPSA) is 25.2 Å². The lowest BCUT2D eigenvalue weighted by atomic mass is 10.2. The van der Waals surface area contributed by atoms with Crippen molar-refractivity contribution in [2.45, 2.75) is 6.61 Å². The molecule has 0 atom stereocenters. The average Bonchev–Trinajstić information content (AvgIpc) is 2.42. The number of fused-ring (bicyclic) bond motifs is 1. The highest BCUT2D eigenvalue weighted by Crippen LogP contribution is 2.25. The fourth-order valence-electron chi connectivity index (χ4n) is 1.49. The lowest BCUT2D eigenvalue weighted by Crippen LogP contribution is -1.85. The van der Waals surface area contributed by atoms with Crippen LogP contribution in [-0.4, -0.2) is 9.67 Å². The lowest BCUT2D eigenvalue weighted by molar-refractivity contribution is 0.282. The molecule has 2 nitrogen and oxygen atoms in total. The van der Waals surface area contributed by atoms with E-state index in [-0.39, 0.29) is 6.61 Å². The molecule has 1 heterocycles. The SMILES string of the molecule is Cn1cc(Cl)c2cc(CO)ccc21. The Labute approximate surface area is 81.4 Å². The van der Waals surface area contributed by atoms with Crippen molar-refractivity contribution in [2.75, 3.05) is 0 Å². The number of hydrogen-bond donors (Lipinski definition) is 1. The van der Waals surface area contributed by atoms with Gasteiger partial charge in [-0.1, -0.05) is 17.7 Å². The summed E-state index contributed by atoms with van der Waals surface area (Å²) in [7, 11) is 1.95. The number of benzene rings is 1. The van der Waals surface area contributed by atoms with Crippen molar-refractivity contribution in [1.29, 1.82) is 0 Å². The van der Waals surface area contributed by atoms with E-state index in [1.807, 2.05) is 36.0 Å². The third-order valence-electron chi connectivity index (χ3n) is 2.19. The van der Waals surface area contributed by atoms with Crippen LogP contribution in [0.1, 0.15) is 5.56 Å². The van der Waals surface area contributed by atoms with Gasteiger partial charge in [-0.05, 0) is 17.7 Å². The van der Waals surface area contributed by atoms with E-state index in [4.69, 9.17) is 16.7 Å². The largest absolute Gasteiger partial charge is 0.392 e. The van der Waals surface area contributed by atoms with Crippen LogP contribution >= 0.6 is 11.6 Å². The molecule has 0 saturated carbocycles. The van der Waals surface area contributed by atoms with Crippen molar-refractivity contribution in [3.63, 3.8) is 0 Å². The van der Waals surface area contributed by atoms with Crippen LogP contribution in [0.2, 0.25) is 5.02 Å². The first-order chi connectivity index (χ1) is 6.22. The summed E-state index contributed by atoms with van der Waals surface area (Å²) in [6.07, 6.45) is 1.87. The molecule has 2 aromatic rings. The number of rotatable bonds is 1. The van der Waals surface area contributed by atoms with Gasteiger partial charge in [0.25, 0.3) is 0 Å². The summed E-state index contributed by atoms with van der Waals surface area (Å²) in [4.78, 5) is 0. The molecule has 0 unspecified atom stereocenters. The van der Waals surface area contributed by atoms with Crippen molar-refractivity contribution < 1.29 is 5.11 Å². The van der Waals surface area contributed by atoms with Crippen LogP contribution in [0.15, 0.2) is 24.4 Å². The van der Waals surface area contributed by atoms with E-state index in [1.165, 1.54) is 0 Å². The van der Waals surface area contributed by atoms with Gasteiger partial charge in [0.05, 0.1) is 11.6 Å². The fraction of sp³-hybridized carbons (Fsp3) is 0.200. The number of nitrogens with zero attached hydrogens (tertiary/aromatic N) is 1. The number of aromatic nitrogens is 1. The molecule has 1 aromatic carbocycles. The summed E-state index contributed by atoms with van der Waals surface area (Å²) >= 11 is 6.00. The smallest absolute Gasteiger partial charge is 0.0682 e. The average molecular weight is 196 g/mol. The van der Waals surface area contributed by atoms with Crippen molar-refractivity contribution in [1.82, 2.24) is 4.57 Å². The fourth-order valence-corrected chi connectivity index (χ4v) is 1.79. The minimum absolute atomic E-state index is 0.0567. The molecular formula is C10H10ClNO. The Hall–Kier alpha value is -0.990. The first kappa shape index (κ1) is 8.60. The summed E-state index contributed by atoms with van der Waals surface area (Å²) in [5, 5.41) is 10.7.